The van der Waals surface area contributed by atoms with Gasteiger partial charge in [0.15, 0.2) is 0 Å². The van der Waals surface area contributed by atoms with Crippen molar-refractivity contribution in [1.29, 1.82) is 0 Å². The third-order valence-electron chi connectivity index (χ3n) is 3.66. The number of hydrogen-bond donors (Lipinski definition) is 1. The van der Waals surface area contributed by atoms with Crippen molar-refractivity contribution < 1.29 is 9.53 Å². The molecule has 0 aliphatic heterocycles. The Kier molecular flexibility index (Phi) is 5.55. The molecular formula is C18H18N4O3S. The molecule has 0 radical (unpaired) electrons. The molecule has 3 rings (SSSR count). The molecular weight excluding hydrogens is 352 g/mol. The highest BCUT2D eigenvalue weighted by Crippen LogP contribution is 2.23. The summed E-state index contributed by atoms with van der Waals surface area (Å²) in [7, 11) is 1.54. The summed E-state index contributed by atoms with van der Waals surface area (Å²) >= 11 is 1.59. The van der Waals surface area contributed by atoms with Crippen LogP contribution in [-0.2, 0) is 11.3 Å². The number of carbonyl (C=O) groups is 1. The van der Waals surface area contributed by atoms with E-state index in [9.17, 15) is 9.59 Å². The van der Waals surface area contributed by atoms with E-state index in [4.69, 9.17) is 4.74 Å². The number of rotatable bonds is 6. The van der Waals surface area contributed by atoms with Crippen LogP contribution in [0.25, 0.3) is 11.3 Å². The van der Waals surface area contributed by atoms with Crippen molar-refractivity contribution >= 4 is 22.9 Å². The minimum Gasteiger partial charge on any atom is -0.383 e. The maximum absolute atomic E-state index is 12.4. The lowest BCUT2D eigenvalue weighted by Crippen LogP contribution is -2.27. The minimum absolute atomic E-state index is 0.167. The van der Waals surface area contributed by atoms with E-state index >= 15 is 0 Å². The third-order valence-corrected chi connectivity index (χ3v) is 4.44. The van der Waals surface area contributed by atoms with Crippen molar-refractivity contribution in [2.45, 2.75) is 13.5 Å². The van der Waals surface area contributed by atoms with Crippen LogP contribution in [0.3, 0.4) is 0 Å². The van der Waals surface area contributed by atoms with Gasteiger partial charge in [0, 0.05) is 29.8 Å². The van der Waals surface area contributed by atoms with E-state index in [0.717, 1.165) is 16.3 Å². The van der Waals surface area contributed by atoms with Crippen LogP contribution in [0.4, 0.5) is 5.69 Å². The van der Waals surface area contributed by atoms with E-state index in [1.165, 1.54) is 23.9 Å². The van der Waals surface area contributed by atoms with Gasteiger partial charge in [0.2, 0.25) is 0 Å². The number of amides is 1. The molecule has 26 heavy (non-hydrogen) atoms. The molecule has 0 spiro atoms. The summed E-state index contributed by atoms with van der Waals surface area (Å²) in [6, 6.07) is 10.2. The fraction of sp³-hybridized carbons (Fsp3) is 0.222. The normalized spacial score (nSPS) is 10.7. The second kappa shape index (κ2) is 8.03. The molecule has 7 nitrogen and oxygen atoms in total. The monoisotopic (exact) mass is 370 g/mol. The number of ether oxygens (including phenoxy) is 1. The molecule has 0 fully saturated rings. The van der Waals surface area contributed by atoms with E-state index in [2.05, 4.69) is 15.4 Å². The molecule has 0 bridgehead atoms. The predicted octanol–water partition coefficient (Wildman–Crippen LogP) is 2.57. The Labute approximate surface area is 154 Å². The summed E-state index contributed by atoms with van der Waals surface area (Å²) in [5.74, 6) is -0.381. The van der Waals surface area contributed by atoms with Gasteiger partial charge in [0.05, 0.1) is 23.9 Å². The summed E-state index contributed by atoms with van der Waals surface area (Å²) < 4.78 is 6.16. The average Bonchev–Trinajstić information content (AvgIpc) is 3.08. The Morgan fingerprint density at radius 3 is 2.65 bits per heavy atom. The van der Waals surface area contributed by atoms with Gasteiger partial charge < -0.3 is 10.1 Å². The second-order valence-electron chi connectivity index (χ2n) is 5.56. The topological polar surface area (TPSA) is 86.1 Å². The van der Waals surface area contributed by atoms with Crippen LogP contribution >= 0.6 is 11.3 Å². The maximum Gasteiger partial charge on any atom is 0.276 e. The van der Waals surface area contributed by atoms with Crippen LogP contribution in [0.15, 0.2) is 46.6 Å². The summed E-state index contributed by atoms with van der Waals surface area (Å²) in [4.78, 5) is 28.6. The van der Waals surface area contributed by atoms with Gasteiger partial charge in [-0.2, -0.15) is 5.10 Å². The van der Waals surface area contributed by atoms with E-state index < -0.39 is 0 Å². The fourth-order valence-corrected chi connectivity index (χ4v) is 2.95. The zero-order valence-corrected chi connectivity index (χ0v) is 15.2. The number of nitrogens with zero attached hydrogens (tertiary/aromatic N) is 3. The summed E-state index contributed by atoms with van der Waals surface area (Å²) in [5.41, 5.74) is 2.43. The highest BCUT2D eigenvalue weighted by atomic mass is 32.1. The van der Waals surface area contributed by atoms with E-state index in [1.54, 1.807) is 11.3 Å². The number of carbonyl (C=O) groups excluding carboxylic acids is 1. The van der Waals surface area contributed by atoms with Crippen molar-refractivity contribution in [3.63, 3.8) is 0 Å². The fourth-order valence-electron chi connectivity index (χ4n) is 2.32. The number of aromatic nitrogens is 3. The number of thiazole rings is 1. The first kappa shape index (κ1) is 18.0. The molecule has 0 atom stereocenters. The molecule has 1 N–H and O–H groups in total. The van der Waals surface area contributed by atoms with Crippen LogP contribution < -0.4 is 10.9 Å². The van der Waals surface area contributed by atoms with Crippen LogP contribution in [0.5, 0.6) is 0 Å². The first-order valence-electron chi connectivity index (χ1n) is 7.98. The van der Waals surface area contributed by atoms with Crippen molar-refractivity contribution in [2.24, 2.45) is 0 Å². The van der Waals surface area contributed by atoms with E-state index in [0.29, 0.717) is 12.3 Å². The number of methoxy groups -OCH3 is 1. The summed E-state index contributed by atoms with van der Waals surface area (Å²) in [6.45, 7) is 2.59. The second-order valence-corrected chi connectivity index (χ2v) is 6.62. The van der Waals surface area contributed by atoms with Gasteiger partial charge in [0.1, 0.15) is 5.69 Å². The molecule has 1 amide bonds. The van der Waals surface area contributed by atoms with Crippen molar-refractivity contribution in [2.75, 3.05) is 19.0 Å². The summed E-state index contributed by atoms with van der Waals surface area (Å²) in [6.07, 6.45) is 0. The van der Waals surface area contributed by atoms with Gasteiger partial charge >= 0.3 is 0 Å². The minimum atomic E-state index is -0.381. The van der Waals surface area contributed by atoms with Gasteiger partial charge in [-0.05, 0) is 25.1 Å². The zero-order chi connectivity index (χ0) is 18.5. The largest absolute Gasteiger partial charge is 0.383 e. The van der Waals surface area contributed by atoms with Crippen molar-refractivity contribution in [3.8, 4) is 11.3 Å². The molecule has 1 aromatic carbocycles. The lowest BCUT2D eigenvalue weighted by Gasteiger charge is -2.08. The van der Waals surface area contributed by atoms with Gasteiger partial charge in [-0.3, -0.25) is 9.59 Å². The molecule has 3 aromatic rings. The van der Waals surface area contributed by atoms with Crippen LogP contribution in [0.2, 0.25) is 0 Å². The SMILES string of the molecule is COCCn1nc(C(=O)Nc2ccc(-c3csc(C)n3)cc2)ccc1=O. The molecule has 134 valence electrons. The molecule has 8 heteroatoms. The average molecular weight is 370 g/mol. The lowest BCUT2D eigenvalue weighted by atomic mass is 10.1. The molecule has 0 aliphatic rings. The lowest BCUT2D eigenvalue weighted by molar-refractivity contribution is 0.101. The Balaban J connectivity index is 1.72. The molecule has 0 aliphatic carbocycles. The Morgan fingerprint density at radius 2 is 2.00 bits per heavy atom. The van der Waals surface area contributed by atoms with Crippen LogP contribution in [-0.4, -0.2) is 34.4 Å². The first-order valence-corrected chi connectivity index (χ1v) is 8.86. The smallest absolute Gasteiger partial charge is 0.276 e. The molecule has 0 unspecified atom stereocenters. The van der Waals surface area contributed by atoms with E-state index in [1.807, 2.05) is 36.6 Å². The van der Waals surface area contributed by atoms with Crippen molar-refractivity contribution in [1.82, 2.24) is 14.8 Å². The van der Waals surface area contributed by atoms with Crippen LogP contribution in [0.1, 0.15) is 15.5 Å². The standard InChI is InChI=1S/C18H18N4O3S/c1-12-19-16(11-26-12)13-3-5-14(6-4-13)20-18(24)15-7-8-17(23)22(21-15)9-10-25-2/h3-8,11H,9-10H2,1-2H3,(H,20,24). The first-order chi connectivity index (χ1) is 12.6. The van der Waals surface area contributed by atoms with Crippen molar-refractivity contribution in [3.05, 3.63) is 62.8 Å². The number of nitrogens with one attached hydrogen (secondary N) is 1. The number of aryl methyl sites for hydroxylation is 1. The van der Waals surface area contributed by atoms with E-state index in [-0.39, 0.29) is 23.7 Å². The number of benzene rings is 1. The van der Waals surface area contributed by atoms with Crippen LogP contribution in [0, 0.1) is 6.92 Å². The van der Waals surface area contributed by atoms with Gasteiger partial charge in [-0.25, -0.2) is 9.67 Å². The highest BCUT2D eigenvalue weighted by Gasteiger charge is 2.10. The quantitative estimate of drug-likeness (QED) is 0.721. The predicted molar refractivity (Wildman–Crippen MR) is 101 cm³/mol. The Bertz CT molecular complexity index is 963. The summed E-state index contributed by atoms with van der Waals surface area (Å²) in [5, 5.41) is 9.86. The van der Waals surface area contributed by atoms with Gasteiger partial charge in [0.25, 0.3) is 11.5 Å². The Morgan fingerprint density at radius 1 is 1.23 bits per heavy atom. The van der Waals surface area contributed by atoms with Gasteiger partial charge in [-0.15, -0.1) is 11.3 Å². The molecule has 2 aromatic heterocycles. The highest BCUT2D eigenvalue weighted by molar-refractivity contribution is 7.09. The molecule has 2 heterocycles. The number of hydrogen-bond acceptors (Lipinski definition) is 6. The zero-order valence-electron chi connectivity index (χ0n) is 14.4. The number of anilines is 1. The maximum atomic E-state index is 12.4. The van der Waals surface area contributed by atoms with Gasteiger partial charge in [-0.1, -0.05) is 12.1 Å². The Hall–Kier alpha value is -2.84. The molecule has 0 saturated carbocycles. The third kappa shape index (κ3) is 4.22. The molecule has 0 saturated heterocycles.